The summed E-state index contributed by atoms with van der Waals surface area (Å²) in [5, 5.41) is 5.32. The molecule has 12 heteroatoms. The van der Waals surface area contributed by atoms with E-state index < -0.39 is 33.8 Å². The fourth-order valence-corrected chi connectivity index (χ4v) is 5.00. The third-order valence-corrected chi connectivity index (χ3v) is 6.68. The molecule has 1 aromatic heterocycles. The summed E-state index contributed by atoms with van der Waals surface area (Å²) >= 11 is 0. The molecule has 0 unspecified atom stereocenters. The van der Waals surface area contributed by atoms with E-state index in [9.17, 15) is 26.4 Å². The number of piperidine rings is 1. The number of nitrogens with zero attached hydrogens (tertiary/aromatic N) is 3. The molecule has 1 N–H and O–H groups in total. The van der Waals surface area contributed by atoms with Crippen molar-refractivity contribution in [2.75, 3.05) is 19.7 Å². The minimum Gasteiger partial charge on any atom is -0.465 e. The van der Waals surface area contributed by atoms with Crippen LogP contribution in [0, 0.1) is 5.92 Å². The molecular formula is C19H19F3N4O4S. The maximum absolute atomic E-state index is 12.8. The molecule has 31 heavy (non-hydrogen) atoms. The van der Waals surface area contributed by atoms with Crippen LogP contribution in [0.5, 0.6) is 0 Å². The SMILES string of the molecule is O=C(OCCc1cn[nH]c1C(F)(F)F)C1CCN(C2=NS(=O)(=O)c3ccccc32)CC1. The maximum atomic E-state index is 12.8. The molecule has 1 aromatic carbocycles. The predicted octanol–water partition coefficient (Wildman–Crippen LogP) is 2.38. The van der Waals surface area contributed by atoms with Crippen LogP contribution in [-0.4, -0.2) is 55.0 Å². The number of carbonyl (C=O) groups is 1. The number of aromatic nitrogens is 2. The van der Waals surface area contributed by atoms with Gasteiger partial charge >= 0.3 is 12.1 Å². The van der Waals surface area contributed by atoms with E-state index in [1.807, 2.05) is 10.00 Å². The number of hydrogen-bond donors (Lipinski definition) is 1. The van der Waals surface area contributed by atoms with Gasteiger partial charge in [-0.3, -0.25) is 9.89 Å². The number of aromatic amines is 1. The Kier molecular flexibility index (Phi) is 5.50. The summed E-state index contributed by atoms with van der Waals surface area (Å²) in [6.07, 6.45) is -2.71. The second-order valence-electron chi connectivity index (χ2n) is 7.33. The van der Waals surface area contributed by atoms with Gasteiger partial charge in [0.2, 0.25) is 0 Å². The normalized spacial score (nSPS) is 18.5. The van der Waals surface area contributed by atoms with E-state index >= 15 is 0 Å². The number of rotatable bonds is 4. The molecule has 0 bridgehead atoms. The van der Waals surface area contributed by atoms with E-state index in [0.717, 1.165) is 6.20 Å². The van der Waals surface area contributed by atoms with Crippen LogP contribution in [0.25, 0.3) is 0 Å². The first-order chi connectivity index (χ1) is 14.7. The van der Waals surface area contributed by atoms with Gasteiger partial charge in [0.15, 0.2) is 5.84 Å². The molecule has 1 saturated heterocycles. The summed E-state index contributed by atoms with van der Waals surface area (Å²) in [4.78, 5) is 14.3. The molecule has 0 saturated carbocycles. The van der Waals surface area contributed by atoms with Crippen LogP contribution < -0.4 is 0 Å². The Hall–Kier alpha value is -2.89. The number of ether oxygens (including phenoxy) is 1. The summed E-state index contributed by atoms with van der Waals surface area (Å²) < 4.78 is 72.0. The van der Waals surface area contributed by atoms with Crippen molar-refractivity contribution in [1.29, 1.82) is 0 Å². The van der Waals surface area contributed by atoms with Gasteiger partial charge < -0.3 is 9.64 Å². The number of amidine groups is 1. The Labute approximate surface area is 176 Å². The monoisotopic (exact) mass is 456 g/mol. The molecule has 3 heterocycles. The van der Waals surface area contributed by atoms with Crippen LogP contribution in [0.4, 0.5) is 13.2 Å². The van der Waals surface area contributed by atoms with Crippen LogP contribution >= 0.6 is 0 Å². The van der Waals surface area contributed by atoms with Crippen molar-refractivity contribution >= 4 is 21.8 Å². The van der Waals surface area contributed by atoms with E-state index in [4.69, 9.17) is 4.74 Å². The molecule has 166 valence electrons. The van der Waals surface area contributed by atoms with Gasteiger partial charge in [0.05, 0.1) is 18.7 Å². The molecule has 4 rings (SSSR count). The predicted molar refractivity (Wildman–Crippen MR) is 103 cm³/mol. The smallest absolute Gasteiger partial charge is 0.433 e. The maximum Gasteiger partial charge on any atom is 0.433 e. The number of alkyl halides is 3. The lowest BCUT2D eigenvalue weighted by Crippen LogP contribution is -2.40. The standard InChI is InChI=1S/C19H19F3N4O4S/c20-19(21,22)16-13(11-23-24-16)7-10-30-18(27)12-5-8-26(9-6-12)17-14-3-1-2-4-15(14)31(28,29)25-17/h1-4,11-12H,5-10H2,(H,23,24). The zero-order chi connectivity index (χ0) is 22.2. The number of benzene rings is 1. The van der Waals surface area contributed by atoms with Crippen LogP contribution in [-0.2, 0) is 32.2 Å². The summed E-state index contributed by atoms with van der Waals surface area (Å²) in [6, 6.07) is 6.58. The molecule has 0 spiro atoms. The van der Waals surface area contributed by atoms with Crippen LogP contribution in [0.15, 0.2) is 39.8 Å². The number of hydrogen-bond acceptors (Lipinski definition) is 6. The quantitative estimate of drug-likeness (QED) is 0.709. The first kappa shape index (κ1) is 21.3. The number of likely N-dealkylation sites (tertiary alicyclic amines) is 1. The first-order valence-electron chi connectivity index (χ1n) is 9.62. The first-order valence-corrected chi connectivity index (χ1v) is 11.1. The van der Waals surface area contributed by atoms with Gasteiger partial charge in [0.1, 0.15) is 10.6 Å². The number of nitrogens with one attached hydrogen (secondary N) is 1. The van der Waals surface area contributed by atoms with Crippen LogP contribution in [0.1, 0.15) is 29.7 Å². The average Bonchev–Trinajstić information content (AvgIpc) is 3.31. The van der Waals surface area contributed by atoms with Gasteiger partial charge in [0.25, 0.3) is 10.0 Å². The highest BCUT2D eigenvalue weighted by Gasteiger charge is 2.36. The fourth-order valence-electron chi connectivity index (χ4n) is 3.77. The van der Waals surface area contributed by atoms with E-state index in [-0.39, 0.29) is 23.5 Å². The topological polar surface area (TPSA) is 105 Å². The van der Waals surface area contributed by atoms with Gasteiger partial charge in [-0.25, -0.2) is 0 Å². The minimum absolute atomic E-state index is 0.0609. The molecule has 2 aromatic rings. The Morgan fingerprint density at radius 1 is 1.23 bits per heavy atom. The Bertz CT molecular complexity index is 1120. The van der Waals surface area contributed by atoms with Crippen LogP contribution in [0.3, 0.4) is 0 Å². The molecule has 0 aliphatic carbocycles. The molecule has 0 amide bonds. The van der Waals surface area contributed by atoms with E-state index in [0.29, 0.717) is 37.3 Å². The lowest BCUT2D eigenvalue weighted by Gasteiger charge is -2.32. The highest BCUT2D eigenvalue weighted by molar-refractivity contribution is 7.90. The van der Waals surface area contributed by atoms with Crippen molar-refractivity contribution in [1.82, 2.24) is 15.1 Å². The summed E-state index contributed by atoms with van der Waals surface area (Å²) in [7, 11) is -3.71. The van der Waals surface area contributed by atoms with Gasteiger partial charge in [-0.15, -0.1) is 4.40 Å². The number of esters is 1. The van der Waals surface area contributed by atoms with Crippen molar-refractivity contribution in [3.63, 3.8) is 0 Å². The number of sulfonamides is 1. The molecule has 2 aliphatic heterocycles. The average molecular weight is 456 g/mol. The number of carbonyl (C=O) groups excluding carboxylic acids is 1. The largest absolute Gasteiger partial charge is 0.465 e. The van der Waals surface area contributed by atoms with E-state index in [1.165, 1.54) is 6.07 Å². The van der Waals surface area contributed by atoms with Crippen molar-refractivity contribution < 1.29 is 31.1 Å². The number of halogens is 3. The Morgan fingerprint density at radius 2 is 1.94 bits per heavy atom. The van der Waals surface area contributed by atoms with E-state index in [1.54, 1.807) is 18.2 Å². The third kappa shape index (κ3) is 4.29. The second kappa shape index (κ2) is 7.98. The zero-order valence-electron chi connectivity index (χ0n) is 16.2. The van der Waals surface area contributed by atoms with Crippen molar-refractivity contribution in [2.45, 2.75) is 30.3 Å². The Morgan fingerprint density at radius 3 is 2.65 bits per heavy atom. The van der Waals surface area contributed by atoms with Gasteiger partial charge in [-0.2, -0.15) is 26.7 Å². The highest BCUT2D eigenvalue weighted by atomic mass is 32.2. The van der Waals surface area contributed by atoms with Crippen molar-refractivity contribution in [3.8, 4) is 0 Å². The fraction of sp³-hybridized carbons (Fsp3) is 0.421. The summed E-state index contributed by atoms with van der Waals surface area (Å²) in [6.45, 7) is 0.658. The third-order valence-electron chi connectivity index (χ3n) is 5.36. The molecular weight excluding hydrogens is 437 g/mol. The number of fused-ring (bicyclic) bond motifs is 1. The Balaban J connectivity index is 1.31. The lowest BCUT2D eigenvalue weighted by atomic mass is 9.96. The molecule has 2 aliphatic rings. The molecule has 8 nitrogen and oxygen atoms in total. The minimum atomic E-state index is -4.54. The summed E-state index contributed by atoms with van der Waals surface area (Å²) in [5.74, 6) is -0.503. The molecule has 0 atom stereocenters. The van der Waals surface area contributed by atoms with Gasteiger partial charge in [-0.05, 0) is 25.0 Å². The van der Waals surface area contributed by atoms with Gasteiger partial charge in [-0.1, -0.05) is 12.1 Å². The molecule has 0 radical (unpaired) electrons. The van der Waals surface area contributed by atoms with Crippen LogP contribution in [0.2, 0.25) is 0 Å². The second-order valence-corrected chi connectivity index (χ2v) is 8.91. The lowest BCUT2D eigenvalue weighted by molar-refractivity contribution is -0.149. The number of H-pyrrole nitrogens is 1. The summed E-state index contributed by atoms with van der Waals surface area (Å²) in [5.41, 5.74) is -0.456. The van der Waals surface area contributed by atoms with Crippen molar-refractivity contribution in [3.05, 3.63) is 47.3 Å². The zero-order valence-corrected chi connectivity index (χ0v) is 17.0. The molecule has 1 fully saturated rings. The van der Waals surface area contributed by atoms with E-state index in [2.05, 4.69) is 9.50 Å². The highest BCUT2D eigenvalue weighted by Crippen LogP contribution is 2.31. The van der Waals surface area contributed by atoms with Crippen molar-refractivity contribution in [2.24, 2.45) is 10.3 Å². The van der Waals surface area contributed by atoms with Gasteiger partial charge in [0, 0.05) is 30.6 Å².